The number of amides is 1. The zero-order valence-electron chi connectivity index (χ0n) is 6.59. The molecule has 5 heteroatoms. The smallest absolute Gasteiger partial charge is 0.324 e. The highest BCUT2D eigenvalue weighted by atomic mass is 16.5. The number of carbonyl (C=O) groups excluding carboxylic acids is 2. The molecule has 1 unspecified atom stereocenters. The number of nitrogens with two attached hydrogens (primary N) is 1. The molecule has 0 saturated carbocycles. The van der Waals surface area contributed by atoms with E-state index in [4.69, 9.17) is 5.73 Å². The second kappa shape index (κ2) is 4.68. The van der Waals surface area contributed by atoms with Gasteiger partial charge in [0.2, 0.25) is 5.91 Å². The summed E-state index contributed by atoms with van der Waals surface area (Å²) in [6, 6.07) is -0.774. The SMILES string of the molecule is COC(=O)C(N)CNC(C)=O. The van der Waals surface area contributed by atoms with Gasteiger partial charge >= 0.3 is 5.97 Å². The fourth-order valence-electron chi connectivity index (χ4n) is 0.488. The Labute approximate surface area is 64.9 Å². The largest absolute Gasteiger partial charge is 0.468 e. The summed E-state index contributed by atoms with van der Waals surface area (Å²) in [5.41, 5.74) is 5.29. The second-order valence-corrected chi connectivity index (χ2v) is 2.07. The van der Waals surface area contributed by atoms with Crippen molar-refractivity contribution in [2.24, 2.45) is 5.73 Å². The van der Waals surface area contributed by atoms with Crippen molar-refractivity contribution in [3.8, 4) is 0 Å². The van der Waals surface area contributed by atoms with Crippen LogP contribution in [0.4, 0.5) is 0 Å². The second-order valence-electron chi connectivity index (χ2n) is 2.07. The molecule has 0 spiro atoms. The maximum Gasteiger partial charge on any atom is 0.324 e. The summed E-state index contributed by atoms with van der Waals surface area (Å²) in [5.74, 6) is -0.747. The quantitative estimate of drug-likeness (QED) is 0.499. The molecule has 0 fully saturated rings. The van der Waals surface area contributed by atoms with Gasteiger partial charge in [0, 0.05) is 13.5 Å². The molecule has 0 aromatic rings. The molecule has 1 amide bonds. The van der Waals surface area contributed by atoms with Crippen LogP contribution in [0.3, 0.4) is 0 Å². The molecule has 0 aliphatic heterocycles. The maximum atomic E-state index is 10.6. The highest BCUT2D eigenvalue weighted by Crippen LogP contribution is 1.80. The fourth-order valence-corrected chi connectivity index (χ4v) is 0.488. The van der Waals surface area contributed by atoms with E-state index < -0.39 is 12.0 Å². The van der Waals surface area contributed by atoms with Gasteiger partial charge in [0.05, 0.1) is 7.11 Å². The number of esters is 1. The van der Waals surface area contributed by atoms with Gasteiger partial charge in [0.15, 0.2) is 0 Å². The van der Waals surface area contributed by atoms with E-state index in [2.05, 4.69) is 10.1 Å². The lowest BCUT2D eigenvalue weighted by molar-refractivity contribution is -0.142. The van der Waals surface area contributed by atoms with E-state index in [1.807, 2.05) is 0 Å². The van der Waals surface area contributed by atoms with Crippen LogP contribution < -0.4 is 11.1 Å². The van der Waals surface area contributed by atoms with Crippen LogP contribution >= 0.6 is 0 Å². The molecule has 1 atom stereocenters. The van der Waals surface area contributed by atoms with E-state index in [0.717, 1.165) is 0 Å². The monoisotopic (exact) mass is 160 g/mol. The number of methoxy groups -OCH3 is 1. The zero-order chi connectivity index (χ0) is 8.85. The third-order valence-corrected chi connectivity index (χ3v) is 1.07. The van der Waals surface area contributed by atoms with Crippen LogP contribution in [-0.4, -0.2) is 31.6 Å². The molecule has 0 rings (SSSR count). The van der Waals surface area contributed by atoms with Crippen LogP contribution in [0.1, 0.15) is 6.92 Å². The van der Waals surface area contributed by atoms with Gasteiger partial charge in [-0.15, -0.1) is 0 Å². The van der Waals surface area contributed by atoms with Gasteiger partial charge in [0.25, 0.3) is 0 Å². The summed E-state index contributed by atoms with van der Waals surface area (Å²) < 4.78 is 4.33. The van der Waals surface area contributed by atoms with E-state index in [9.17, 15) is 9.59 Å². The van der Waals surface area contributed by atoms with Crippen molar-refractivity contribution >= 4 is 11.9 Å². The standard InChI is InChI=1S/C6H12N2O3/c1-4(9)8-3-5(7)6(10)11-2/h5H,3,7H2,1-2H3,(H,8,9). The Morgan fingerprint density at radius 2 is 2.18 bits per heavy atom. The molecular weight excluding hydrogens is 148 g/mol. The molecule has 0 heterocycles. The van der Waals surface area contributed by atoms with Crippen molar-refractivity contribution in [2.45, 2.75) is 13.0 Å². The molecule has 0 saturated heterocycles. The minimum atomic E-state index is -0.774. The summed E-state index contributed by atoms with van der Waals surface area (Å²) in [4.78, 5) is 21.0. The van der Waals surface area contributed by atoms with Crippen LogP contribution in [-0.2, 0) is 14.3 Å². The Bertz CT molecular complexity index is 158. The number of hydrogen-bond acceptors (Lipinski definition) is 4. The van der Waals surface area contributed by atoms with E-state index in [0.29, 0.717) is 0 Å². The molecule has 0 radical (unpaired) electrons. The zero-order valence-corrected chi connectivity index (χ0v) is 6.59. The molecule has 0 aliphatic rings. The molecule has 0 aromatic heterocycles. The van der Waals surface area contributed by atoms with Crippen molar-refractivity contribution in [3.05, 3.63) is 0 Å². The lowest BCUT2D eigenvalue weighted by atomic mass is 10.3. The maximum absolute atomic E-state index is 10.6. The summed E-state index contributed by atoms with van der Waals surface area (Å²) in [6.45, 7) is 1.46. The fraction of sp³-hybridized carbons (Fsp3) is 0.667. The highest BCUT2D eigenvalue weighted by molar-refractivity contribution is 5.77. The molecule has 0 aliphatic carbocycles. The average Bonchev–Trinajstić information content (AvgIpc) is 1.98. The summed E-state index contributed by atoms with van der Waals surface area (Å²) in [6.07, 6.45) is 0. The predicted octanol–water partition coefficient (Wildman–Crippen LogP) is -1.38. The molecule has 64 valence electrons. The van der Waals surface area contributed by atoms with Gasteiger partial charge in [0.1, 0.15) is 6.04 Å². The molecule has 0 aromatic carbocycles. The van der Waals surface area contributed by atoms with Crippen LogP contribution in [0.2, 0.25) is 0 Å². The van der Waals surface area contributed by atoms with Crippen LogP contribution in [0.5, 0.6) is 0 Å². The first kappa shape index (κ1) is 9.90. The first-order valence-electron chi connectivity index (χ1n) is 3.15. The normalized spacial score (nSPS) is 11.9. The van der Waals surface area contributed by atoms with Crippen molar-refractivity contribution in [1.29, 1.82) is 0 Å². The molecule has 11 heavy (non-hydrogen) atoms. The van der Waals surface area contributed by atoms with Crippen molar-refractivity contribution in [3.63, 3.8) is 0 Å². The van der Waals surface area contributed by atoms with E-state index in [1.165, 1.54) is 14.0 Å². The number of nitrogens with one attached hydrogen (secondary N) is 1. The van der Waals surface area contributed by atoms with Gasteiger partial charge < -0.3 is 15.8 Å². The summed E-state index contributed by atoms with van der Waals surface area (Å²) in [7, 11) is 1.25. The van der Waals surface area contributed by atoms with Crippen molar-refractivity contribution in [2.75, 3.05) is 13.7 Å². The average molecular weight is 160 g/mol. The Hall–Kier alpha value is -1.10. The lowest BCUT2D eigenvalue weighted by Gasteiger charge is -2.08. The first-order valence-corrected chi connectivity index (χ1v) is 3.15. The van der Waals surface area contributed by atoms with E-state index in [1.54, 1.807) is 0 Å². The van der Waals surface area contributed by atoms with Gasteiger partial charge in [-0.25, -0.2) is 0 Å². The van der Waals surface area contributed by atoms with Gasteiger partial charge in [-0.05, 0) is 0 Å². The molecular formula is C6H12N2O3. The lowest BCUT2D eigenvalue weighted by Crippen LogP contribution is -2.42. The Balaban J connectivity index is 3.60. The molecule has 5 nitrogen and oxygen atoms in total. The number of carbonyl (C=O) groups is 2. The Morgan fingerprint density at radius 3 is 2.55 bits per heavy atom. The Kier molecular flexibility index (Phi) is 4.21. The third kappa shape index (κ3) is 4.32. The van der Waals surface area contributed by atoms with Gasteiger partial charge in [-0.3, -0.25) is 9.59 Å². The summed E-state index contributed by atoms with van der Waals surface area (Å²) >= 11 is 0. The Morgan fingerprint density at radius 1 is 1.64 bits per heavy atom. The van der Waals surface area contributed by atoms with Crippen LogP contribution in [0.25, 0.3) is 0 Å². The van der Waals surface area contributed by atoms with Gasteiger partial charge in [-0.1, -0.05) is 0 Å². The number of hydrogen-bond donors (Lipinski definition) is 2. The van der Waals surface area contributed by atoms with E-state index >= 15 is 0 Å². The predicted molar refractivity (Wildman–Crippen MR) is 38.7 cm³/mol. The molecule has 0 bridgehead atoms. The van der Waals surface area contributed by atoms with Crippen molar-refractivity contribution in [1.82, 2.24) is 5.32 Å². The molecule has 3 N–H and O–H groups in total. The van der Waals surface area contributed by atoms with E-state index in [-0.39, 0.29) is 12.5 Å². The first-order chi connectivity index (χ1) is 5.07. The van der Waals surface area contributed by atoms with Crippen LogP contribution in [0.15, 0.2) is 0 Å². The number of ether oxygens (including phenoxy) is 1. The topological polar surface area (TPSA) is 81.4 Å². The van der Waals surface area contributed by atoms with Crippen LogP contribution in [0, 0.1) is 0 Å². The minimum Gasteiger partial charge on any atom is -0.468 e. The third-order valence-electron chi connectivity index (χ3n) is 1.07. The van der Waals surface area contributed by atoms with Crippen molar-refractivity contribution < 1.29 is 14.3 Å². The van der Waals surface area contributed by atoms with Gasteiger partial charge in [-0.2, -0.15) is 0 Å². The minimum absolute atomic E-state index is 0.113. The summed E-state index contributed by atoms with van der Waals surface area (Å²) in [5, 5.41) is 2.40. The highest BCUT2D eigenvalue weighted by Gasteiger charge is 2.12. The number of rotatable bonds is 3.